The predicted molar refractivity (Wildman–Crippen MR) is 68.3 cm³/mol. The van der Waals surface area contributed by atoms with Crippen molar-refractivity contribution in [1.82, 2.24) is 9.36 Å². The maximum atomic E-state index is 14.3. The van der Waals surface area contributed by atoms with E-state index in [9.17, 15) is 9.18 Å². The number of benzene rings is 1. The van der Waals surface area contributed by atoms with Gasteiger partial charge in [-0.3, -0.25) is 9.48 Å². The fourth-order valence-corrected chi connectivity index (χ4v) is 2.51. The van der Waals surface area contributed by atoms with Crippen LogP contribution in [-0.2, 0) is 13.1 Å². The van der Waals surface area contributed by atoms with Crippen molar-refractivity contribution in [3.8, 4) is 11.1 Å². The van der Waals surface area contributed by atoms with E-state index < -0.39 is 5.95 Å². The highest BCUT2D eigenvalue weighted by atomic mass is 35.5. The normalized spacial score (nSPS) is 14.6. The Morgan fingerprint density at radius 2 is 1.67 bits per heavy atom. The molecule has 0 aliphatic carbocycles. The van der Waals surface area contributed by atoms with Gasteiger partial charge >= 0.3 is 0 Å². The lowest BCUT2D eigenvalue weighted by Gasteiger charge is -2.16. The topological polar surface area (TPSA) is 26.9 Å². The lowest BCUT2D eigenvalue weighted by molar-refractivity contribution is 0.310. The van der Waals surface area contributed by atoms with Gasteiger partial charge in [0, 0.05) is 18.1 Å². The molecule has 18 heavy (non-hydrogen) atoms. The number of hydrogen-bond acceptors (Lipinski definition) is 1. The van der Waals surface area contributed by atoms with Crippen LogP contribution in [0, 0.1) is 5.95 Å². The molecule has 3 rings (SSSR count). The highest BCUT2D eigenvalue weighted by molar-refractivity contribution is 6.30. The lowest BCUT2D eigenvalue weighted by atomic mass is 10.1. The van der Waals surface area contributed by atoms with Crippen LogP contribution < -0.4 is 5.56 Å². The Labute approximate surface area is 108 Å². The molecule has 0 saturated carbocycles. The van der Waals surface area contributed by atoms with Gasteiger partial charge in [0.25, 0.3) is 5.56 Å². The molecule has 2 aromatic rings. The summed E-state index contributed by atoms with van der Waals surface area (Å²) in [6, 6.07) is 6.68. The van der Waals surface area contributed by atoms with Crippen LogP contribution in [0.15, 0.2) is 29.1 Å². The second kappa shape index (κ2) is 4.28. The molecule has 0 unspecified atom stereocenters. The monoisotopic (exact) mass is 266 g/mol. The number of rotatable bonds is 1. The third-order valence-electron chi connectivity index (χ3n) is 3.30. The zero-order valence-corrected chi connectivity index (χ0v) is 10.5. The summed E-state index contributed by atoms with van der Waals surface area (Å²) in [6.45, 7) is 1.15. The summed E-state index contributed by atoms with van der Waals surface area (Å²) >= 11 is 5.80. The van der Waals surface area contributed by atoms with Gasteiger partial charge in [0.1, 0.15) is 5.56 Å². The first kappa shape index (κ1) is 11.5. The minimum Gasteiger partial charge on any atom is -0.267 e. The van der Waals surface area contributed by atoms with Crippen molar-refractivity contribution < 1.29 is 4.39 Å². The van der Waals surface area contributed by atoms with E-state index in [0.29, 0.717) is 23.7 Å². The van der Waals surface area contributed by atoms with E-state index in [-0.39, 0.29) is 11.1 Å². The Morgan fingerprint density at radius 3 is 2.28 bits per heavy atom. The Hall–Kier alpha value is -1.55. The molecule has 0 radical (unpaired) electrons. The van der Waals surface area contributed by atoms with Gasteiger partial charge in [-0.15, -0.1) is 0 Å². The van der Waals surface area contributed by atoms with Gasteiger partial charge in [0.15, 0.2) is 0 Å². The average molecular weight is 267 g/mol. The minimum atomic E-state index is -0.443. The molecular weight excluding hydrogens is 255 g/mol. The van der Waals surface area contributed by atoms with E-state index in [2.05, 4.69) is 0 Å². The molecule has 1 aliphatic rings. The quantitative estimate of drug-likeness (QED) is 0.780. The van der Waals surface area contributed by atoms with Crippen molar-refractivity contribution in [1.29, 1.82) is 0 Å². The van der Waals surface area contributed by atoms with Crippen LogP contribution in [0.5, 0.6) is 0 Å². The number of hydrogen-bond donors (Lipinski definition) is 0. The van der Waals surface area contributed by atoms with Crippen molar-refractivity contribution in [3.63, 3.8) is 0 Å². The van der Waals surface area contributed by atoms with E-state index >= 15 is 0 Å². The van der Waals surface area contributed by atoms with Gasteiger partial charge < -0.3 is 0 Å². The minimum absolute atomic E-state index is 0.147. The Balaban J connectivity index is 2.21. The van der Waals surface area contributed by atoms with Gasteiger partial charge in [-0.2, -0.15) is 4.39 Å². The molecule has 0 atom stereocenters. The van der Waals surface area contributed by atoms with E-state index in [1.807, 2.05) is 0 Å². The molecular formula is C13H12ClFN2O. The summed E-state index contributed by atoms with van der Waals surface area (Å²) < 4.78 is 17.2. The summed E-state index contributed by atoms with van der Waals surface area (Å²) in [5.74, 6) is -0.443. The highest BCUT2D eigenvalue weighted by Gasteiger charge is 2.22. The second-order valence-electron chi connectivity index (χ2n) is 4.43. The van der Waals surface area contributed by atoms with Crippen LogP contribution >= 0.6 is 11.6 Å². The summed E-state index contributed by atoms with van der Waals surface area (Å²) in [5.41, 5.74) is 0.472. The number of aromatic nitrogens is 2. The van der Waals surface area contributed by atoms with Gasteiger partial charge in [-0.05, 0) is 30.5 Å². The first-order valence-electron chi connectivity index (χ1n) is 5.93. The SMILES string of the molecule is O=c1c(-c2ccc(Cl)cc2)c(F)n2n1CCCC2. The number of fused-ring (bicyclic) bond motifs is 1. The first-order chi connectivity index (χ1) is 8.68. The summed E-state index contributed by atoms with van der Waals surface area (Å²) in [4.78, 5) is 12.2. The van der Waals surface area contributed by atoms with Crippen LogP contribution in [0.3, 0.4) is 0 Å². The summed E-state index contributed by atoms with van der Waals surface area (Å²) in [7, 11) is 0. The zero-order valence-electron chi connectivity index (χ0n) is 9.70. The van der Waals surface area contributed by atoms with Gasteiger partial charge in [0.05, 0.1) is 0 Å². The van der Waals surface area contributed by atoms with E-state index in [0.717, 1.165) is 12.8 Å². The van der Waals surface area contributed by atoms with E-state index in [4.69, 9.17) is 11.6 Å². The maximum Gasteiger partial charge on any atom is 0.277 e. The smallest absolute Gasteiger partial charge is 0.267 e. The molecule has 3 nitrogen and oxygen atoms in total. The first-order valence-corrected chi connectivity index (χ1v) is 6.31. The van der Waals surface area contributed by atoms with Crippen molar-refractivity contribution >= 4 is 11.6 Å². The van der Waals surface area contributed by atoms with Crippen molar-refractivity contribution in [2.24, 2.45) is 0 Å². The molecule has 2 heterocycles. The molecule has 0 bridgehead atoms. The molecule has 0 N–H and O–H groups in total. The second-order valence-corrected chi connectivity index (χ2v) is 4.87. The van der Waals surface area contributed by atoms with Gasteiger partial charge in [-0.25, -0.2) is 4.68 Å². The third kappa shape index (κ3) is 1.68. The largest absolute Gasteiger partial charge is 0.277 e. The fraction of sp³-hybridized carbons (Fsp3) is 0.308. The Morgan fingerprint density at radius 1 is 1.06 bits per heavy atom. The Bertz CT molecular complexity index is 642. The summed E-state index contributed by atoms with van der Waals surface area (Å²) in [5, 5.41) is 0.572. The van der Waals surface area contributed by atoms with Gasteiger partial charge in [-0.1, -0.05) is 23.7 Å². The van der Waals surface area contributed by atoms with Crippen LogP contribution in [0.25, 0.3) is 11.1 Å². The van der Waals surface area contributed by atoms with E-state index in [1.54, 1.807) is 24.3 Å². The van der Waals surface area contributed by atoms with Crippen LogP contribution in [0.2, 0.25) is 5.02 Å². The molecule has 1 aromatic heterocycles. The molecule has 1 aromatic carbocycles. The van der Waals surface area contributed by atoms with E-state index in [1.165, 1.54) is 9.36 Å². The predicted octanol–water partition coefficient (Wildman–Crippen LogP) is 2.90. The molecule has 5 heteroatoms. The molecule has 94 valence electrons. The Kier molecular flexibility index (Phi) is 2.74. The van der Waals surface area contributed by atoms with Crippen LogP contribution in [0.4, 0.5) is 4.39 Å². The molecule has 0 saturated heterocycles. The van der Waals surface area contributed by atoms with Crippen molar-refractivity contribution in [2.75, 3.05) is 0 Å². The van der Waals surface area contributed by atoms with Crippen LogP contribution in [0.1, 0.15) is 12.8 Å². The van der Waals surface area contributed by atoms with Crippen molar-refractivity contribution in [2.45, 2.75) is 25.9 Å². The molecule has 0 amide bonds. The lowest BCUT2D eigenvalue weighted by Crippen LogP contribution is -2.27. The molecule has 1 aliphatic heterocycles. The fourth-order valence-electron chi connectivity index (χ4n) is 2.39. The number of nitrogens with zero attached hydrogens (tertiary/aromatic N) is 2. The highest BCUT2D eigenvalue weighted by Crippen LogP contribution is 2.23. The average Bonchev–Trinajstić information content (AvgIpc) is 2.64. The molecule has 0 fully saturated rings. The maximum absolute atomic E-state index is 14.3. The number of halogens is 2. The molecule has 0 spiro atoms. The van der Waals surface area contributed by atoms with Crippen molar-refractivity contribution in [3.05, 3.63) is 45.6 Å². The van der Waals surface area contributed by atoms with Crippen LogP contribution in [-0.4, -0.2) is 9.36 Å². The summed E-state index contributed by atoms with van der Waals surface area (Å²) in [6.07, 6.45) is 1.83. The standard InChI is InChI=1S/C13H12ClFN2O/c14-10-5-3-9(4-6-10)11-12(15)16-7-1-2-8-17(16)13(11)18/h3-6H,1-2,7-8H2. The zero-order chi connectivity index (χ0) is 12.7. The third-order valence-corrected chi connectivity index (χ3v) is 3.55. The van der Waals surface area contributed by atoms with Gasteiger partial charge in [0.2, 0.25) is 5.95 Å².